The van der Waals surface area contributed by atoms with Gasteiger partial charge in [0, 0.05) is 9.26 Å². The highest BCUT2D eigenvalue weighted by Gasteiger charge is 2.11. The van der Waals surface area contributed by atoms with Crippen LogP contribution in [0.5, 0.6) is 5.75 Å². The molecule has 3 aromatic carbocycles. The predicted octanol–water partition coefficient (Wildman–Crippen LogP) is 6.33. The van der Waals surface area contributed by atoms with Crippen LogP contribution < -0.4 is 10.1 Å². The van der Waals surface area contributed by atoms with Gasteiger partial charge in [-0.25, -0.2) is 0 Å². The second kappa shape index (κ2) is 10.6. The summed E-state index contributed by atoms with van der Waals surface area (Å²) in [6, 6.07) is 23.2. The Morgan fingerprint density at radius 1 is 1.10 bits per heavy atom. The summed E-state index contributed by atoms with van der Waals surface area (Å²) in [5.41, 5.74) is 3.59. The predicted molar refractivity (Wildman–Crippen MR) is 136 cm³/mol. The number of rotatable bonds is 6. The highest BCUT2D eigenvalue weighted by molar-refractivity contribution is 14.1. The van der Waals surface area contributed by atoms with Gasteiger partial charge in [0.05, 0.1) is 3.57 Å². The largest absolute Gasteiger partial charge is 0.488 e. The molecule has 0 saturated carbocycles. The number of hydrogen-bond donors (Lipinski definition) is 1. The van der Waals surface area contributed by atoms with Crippen LogP contribution in [0.3, 0.4) is 0 Å². The first-order valence-corrected chi connectivity index (χ1v) is 11.3. The summed E-state index contributed by atoms with van der Waals surface area (Å²) in [6.07, 6.45) is 1.58. The van der Waals surface area contributed by atoms with E-state index in [1.165, 1.54) is 3.57 Å². The van der Waals surface area contributed by atoms with E-state index in [1.54, 1.807) is 12.1 Å². The maximum absolute atomic E-state index is 12.5. The van der Waals surface area contributed by atoms with Gasteiger partial charge in [0.1, 0.15) is 24.0 Å². The lowest BCUT2D eigenvalue weighted by atomic mass is 10.1. The molecule has 0 unspecified atom stereocenters. The average molecular weight is 620 g/mol. The van der Waals surface area contributed by atoms with Gasteiger partial charge in [0.15, 0.2) is 0 Å². The summed E-state index contributed by atoms with van der Waals surface area (Å²) in [5, 5.41) is 12.2. The number of nitrogens with one attached hydrogen (secondary N) is 1. The fourth-order valence-corrected chi connectivity index (χ4v) is 3.76. The van der Waals surface area contributed by atoms with Crippen molar-refractivity contribution >= 4 is 62.9 Å². The van der Waals surface area contributed by atoms with Crippen molar-refractivity contribution in [2.24, 2.45) is 0 Å². The van der Waals surface area contributed by atoms with E-state index in [0.717, 1.165) is 26.0 Å². The normalized spacial score (nSPS) is 10.9. The van der Waals surface area contributed by atoms with Gasteiger partial charge in [-0.3, -0.25) is 4.79 Å². The second-order valence-corrected chi connectivity index (χ2v) is 9.01. The first kappa shape index (κ1) is 22.3. The first-order valence-electron chi connectivity index (χ1n) is 9.11. The molecule has 0 aliphatic carbocycles. The van der Waals surface area contributed by atoms with Crippen molar-refractivity contribution in [3.05, 3.63) is 96.1 Å². The maximum Gasteiger partial charge on any atom is 0.266 e. The molecule has 0 heterocycles. The van der Waals surface area contributed by atoms with Crippen molar-refractivity contribution in [1.29, 1.82) is 5.26 Å². The molecule has 150 valence electrons. The van der Waals surface area contributed by atoms with Crippen molar-refractivity contribution in [2.45, 2.75) is 13.5 Å². The number of amides is 1. The smallest absolute Gasteiger partial charge is 0.266 e. The van der Waals surface area contributed by atoms with E-state index in [2.05, 4.69) is 50.5 Å². The number of aryl methyl sites for hydroxylation is 1. The molecule has 0 fully saturated rings. The highest BCUT2D eigenvalue weighted by Crippen LogP contribution is 2.24. The van der Waals surface area contributed by atoms with Crippen LogP contribution in [0.2, 0.25) is 0 Å². The maximum atomic E-state index is 12.5. The molecule has 0 radical (unpaired) electrons. The quantitative estimate of drug-likeness (QED) is 0.199. The topological polar surface area (TPSA) is 62.1 Å². The molecule has 6 heteroatoms. The number of nitrogens with zero attached hydrogens (tertiary/aromatic N) is 1. The van der Waals surface area contributed by atoms with E-state index >= 15 is 0 Å². The van der Waals surface area contributed by atoms with Crippen LogP contribution in [0.1, 0.15) is 16.7 Å². The molecule has 0 aromatic heterocycles. The van der Waals surface area contributed by atoms with Gasteiger partial charge in [-0.1, -0.05) is 30.3 Å². The Bertz CT molecular complexity index is 1130. The molecule has 0 aliphatic heterocycles. The summed E-state index contributed by atoms with van der Waals surface area (Å²) in [5.74, 6) is 0.325. The zero-order valence-electron chi connectivity index (χ0n) is 16.2. The minimum Gasteiger partial charge on any atom is -0.488 e. The number of hydrogen-bond acceptors (Lipinski definition) is 3. The van der Waals surface area contributed by atoms with Crippen LogP contribution in [0, 0.1) is 25.4 Å². The molecule has 0 aliphatic rings. The van der Waals surface area contributed by atoms with Crippen LogP contribution in [-0.4, -0.2) is 5.91 Å². The lowest BCUT2D eigenvalue weighted by Gasteiger charge is -2.09. The zero-order chi connectivity index (χ0) is 21.5. The van der Waals surface area contributed by atoms with Gasteiger partial charge >= 0.3 is 0 Å². The number of carbonyl (C=O) groups is 1. The van der Waals surface area contributed by atoms with Gasteiger partial charge < -0.3 is 10.1 Å². The number of ether oxygens (including phenoxy) is 1. The van der Waals surface area contributed by atoms with Gasteiger partial charge in [0.2, 0.25) is 0 Å². The highest BCUT2D eigenvalue weighted by atomic mass is 127. The molecule has 1 N–H and O–H groups in total. The summed E-state index contributed by atoms with van der Waals surface area (Å²) < 4.78 is 8.00. The molecule has 0 bridgehead atoms. The minimum atomic E-state index is -0.433. The standard InChI is InChI=1S/C24H18I2N2O2/c1-16-3-2-4-21(11-16)28-24(29)19(14-27)12-18-7-10-23(22(26)13-18)30-15-17-5-8-20(25)9-6-17/h2-13H,15H2,1H3,(H,28,29)/b19-12-. The molecular weight excluding hydrogens is 602 g/mol. The summed E-state index contributed by atoms with van der Waals surface area (Å²) in [6.45, 7) is 2.42. The minimum absolute atomic E-state index is 0.0415. The third kappa shape index (κ3) is 6.31. The summed E-state index contributed by atoms with van der Waals surface area (Å²) >= 11 is 4.46. The molecular formula is C24H18I2N2O2. The van der Waals surface area contributed by atoms with Gasteiger partial charge in [-0.2, -0.15) is 5.26 Å². The Labute approximate surface area is 203 Å². The van der Waals surface area contributed by atoms with E-state index in [0.29, 0.717) is 12.3 Å². The van der Waals surface area contributed by atoms with E-state index in [-0.39, 0.29) is 5.57 Å². The van der Waals surface area contributed by atoms with Crippen molar-refractivity contribution in [2.75, 3.05) is 5.32 Å². The number of nitriles is 1. The van der Waals surface area contributed by atoms with Crippen LogP contribution in [0.4, 0.5) is 5.69 Å². The van der Waals surface area contributed by atoms with E-state index in [4.69, 9.17) is 4.74 Å². The van der Waals surface area contributed by atoms with E-state index in [9.17, 15) is 10.1 Å². The van der Waals surface area contributed by atoms with Crippen molar-refractivity contribution in [1.82, 2.24) is 0 Å². The lowest BCUT2D eigenvalue weighted by Crippen LogP contribution is -2.13. The Morgan fingerprint density at radius 2 is 1.87 bits per heavy atom. The first-order chi connectivity index (χ1) is 14.4. The Kier molecular flexibility index (Phi) is 7.87. The third-order valence-electron chi connectivity index (χ3n) is 4.22. The lowest BCUT2D eigenvalue weighted by molar-refractivity contribution is -0.112. The number of carbonyl (C=O) groups excluding carboxylic acids is 1. The Morgan fingerprint density at radius 3 is 2.53 bits per heavy atom. The zero-order valence-corrected chi connectivity index (χ0v) is 20.5. The third-order valence-corrected chi connectivity index (χ3v) is 5.78. The number of benzene rings is 3. The molecule has 1 amide bonds. The fraction of sp³-hybridized carbons (Fsp3) is 0.0833. The van der Waals surface area contributed by atoms with Crippen LogP contribution in [-0.2, 0) is 11.4 Å². The number of anilines is 1. The van der Waals surface area contributed by atoms with Gasteiger partial charge in [-0.05, 0) is 111 Å². The van der Waals surface area contributed by atoms with E-state index in [1.807, 2.05) is 73.7 Å². The van der Waals surface area contributed by atoms with E-state index < -0.39 is 5.91 Å². The summed E-state index contributed by atoms with van der Waals surface area (Å²) in [7, 11) is 0. The Balaban J connectivity index is 1.70. The SMILES string of the molecule is Cc1cccc(NC(=O)/C(C#N)=C\c2ccc(OCc3ccc(I)cc3)c(I)c2)c1. The second-order valence-electron chi connectivity index (χ2n) is 6.60. The van der Waals surface area contributed by atoms with Gasteiger partial charge in [0.25, 0.3) is 5.91 Å². The average Bonchev–Trinajstić information content (AvgIpc) is 2.72. The number of halogens is 2. The monoisotopic (exact) mass is 620 g/mol. The van der Waals surface area contributed by atoms with Crippen molar-refractivity contribution in [3.63, 3.8) is 0 Å². The van der Waals surface area contributed by atoms with Crippen molar-refractivity contribution < 1.29 is 9.53 Å². The molecule has 0 saturated heterocycles. The van der Waals surface area contributed by atoms with Crippen LogP contribution >= 0.6 is 45.2 Å². The molecule has 3 rings (SSSR count). The molecule has 0 spiro atoms. The van der Waals surface area contributed by atoms with Crippen molar-refractivity contribution in [3.8, 4) is 11.8 Å². The summed E-state index contributed by atoms with van der Waals surface area (Å²) in [4.78, 5) is 12.5. The molecule has 4 nitrogen and oxygen atoms in total. The molecule has 0 atom stereocenters. The Hall–Kier alpha value is -2.38. The fourth-order valence-electron chi connectivity index (χ4n) is 2.70. The molecule has 30 heavy (non-hydrogen) atoms. The van der Waals surface area contributed by atoms with Crippen LogP contribution in [0.15, 0.2) is 72.3 Å². The van der Waals surface area contributed by atoms with Gasteiger partial charge in [-0.15, -0.1) is 0 Å². The molecule has 3 aromatic rings. The van der Waals surface area contributed by atoms with Crippen LogP contribution in [0.25, 0.3) is 6.08 Å².